The average Bonchev–Trinajstić information content (AvgIpc) is 2.48. The van der Waals surface area contributed by atoms with Gasteiger partial charge in [0.05, 0.1) is 12.0 Å². The lowest BCUT2D eigenvalue weighted by atomic mass is 10.0. The molecule has 0 radical (unpaired) electrons. The van der Waals surface area contributed by atoms with E-state index in [1.807, 2.05) is 12.1 Å². The second-order valence-corrected chi connectivity index (χ2v) is 4.60. The molecule has 1 amide bonds. The molecule has 0 aliphatic carbocycles. The number of rotatable bonds is 6. The Morgan fingerprint density at radius 1 is 1.14 bits per heavy atom. The van der Waals surface area contributed by atoms with Crippen molar-refractivity contribution >= 4 is 11.9 Å². The lowest BCUT2D eigenvalue weighted by Crippen LogP contribution is -2.27. The van der Waals surface area contributed by atoms with Gasteiger partial charge in [0.1, 0.15) is 0 Å². The van der Waals surface area contributed by atoms with E-state index in [4.69, 9.17) is 5.11 Å². The maximum Gasteiger partial charge on any atom is 0.335 e. The second kappa shape index (κ2) is 7.19. The van der Waals surface area contributed by atoms with Gasteiger partial charge in [-0.05, 0) is 29.7 Å². The number of hydrogen-bond acceptors (Lipinski definition) is 3. The van der Waals surface area contributed by atoms with Crippen molar-refractivity contribution in [3.63, 3.8) is 0 Å². The number of hydrogen-bond donors (Lipinski definition) is 2. The molecule has 1 heterocycles. The minimum atomic E-state index is -1.02. The molecule has 21 heavy (non-hydrogen) atoms. The van der Waals surface area contributed by atoms with Crippen LogP contribution in [0.3, 0.4) is 0 Å². The third-order valence-electron chi connectivity index (χ3n) is 3.06. The Morgan fingerprint density at radius 2 is 1.95 bits per heavy atom. The van der Waals surface area contributed by atoms with Crippen LogP contribution in [0.2, 0.25) is 0 Å². The fourth-order valence-electron chi connectivity index (χ4n) is 2.01. The molecule has 2 rings (SSSR count). The number of aromatic nitrogens is 1. The third kappa shape index (κ3) is 4.42. The first-order chi connectivity index (χ1) is 10.2. The molecule has 0 fully saturated rings. The monoisotopic (exact) mass is 284 g/mol. The summed E-state index contributed by atoms with van der Waals surface area (Å²) < 4.78 is 0. The van der Waals surface area contributed by atoms with E-state index in [9.17, 15) is 9.59 Å². The van der Waals surface area contributed by atoms with Crippen LogP contribution in [0.1, 0.15) is 21.5 Å². The fourth-order valence-corrected chi connectivity index (χ4v) is 2.01. The zero-order chi connectivity index (χ0) is 15.1. The van der Waals surface area contributed by atoms with E-state index >= 15 is 0 Å². The molecule has 0 aliphatic rings. The maximum absolute atomic E-state index is 11.9. The van der Waals surface area contributed by atoms with Crippen LogP contribution in [0.25, 0.3) is 0 Å². The lowest BCUT2D eigenvalue weighted by Gasteiger charge is -2.07. The van der Waals surface area contributed by atoms with Crippen molar-refractivity contribution < 1.29 is 14.7 Å². The summed E-state index contributed by atoms with van der Waals surface area (Å²) in [5.74, 6) is -1.21. The molecule has 2 aromatic rings. The Hall–Kier alpha value is -2.69. The number of nitrogens with one attached hydrogen (secondary N) is 1. The molecule has 0 bridgehead atoms. The number of carboxylic acids is 1. The smallest absolute Gasteiger partial charge is 0.335 e. The second-order valence-electron chi connectivity index (χ2n) is 4.60. The maximum atomic E-state index is 11.9. The molecule has 0 unspecified atom stereocenters. The van der Waals surface area contributed by atoms with E-state index in [2.05, 4.69) is 10.3 Å². The number of carbonyl (C=O) groups excluding carboxylic acids is 1. The molecular weight excluding hydrogens is 268 g/mol. The van der Waals surface area contributed by atoms with Crippen molar-refractivity contribution in [1.82, 2.24) is 10.3 Å². The van der Waals surface area contributed by atoms with Crippen molar-refractivity contribution in [2.24, 2.45) is 0 Å². The van der Waals surface area contributed by atoms with Crippen LogP contribution >= 0.6 is 0 Å². The number of pyridine rings is 1. The number of nitrogens with zero attached hydrogens (tertiary/aromatic N) is 1. The average molecular weight is 284 g/mol. The van der Waals surface area contributed by atoms with E-state index in [1.54, 1.807) is 30.6 Å². The molecule has 5 heteroatoms. The Morgan fingerprint density at radius 3 is 2.67 bits per heavy atom. The molecule has 1 aromatic heterocycles. The SMILES string of the molecule is O=C(Cc1ccccc1C(=O)O)NCCc1cccnc1. The standard InChI is InChI=1S/C16H16N2O3/c19-15(18-9-7-12-4-3-8-17-11-12)10-13-5-1-2-6-14(13)16(20)21/h1-6,8,11H,7,9-10H2,(H,18,19)(H,20,21). The van der Waals surface area contributed by atoms with Crippen molar-refractivity contribution in [3.8, 4) is 0 Å². The van der Waals surface area contributed by atoms with Gasteiger partial charge in [0.2, 0.25) is 5.91 Å². The van der Waals surface area contributed by atoms with Crippen molar-refractivity contribution in [3.05, 3.63) is 65.5 Å². The largest absolute Gasteiger partial charge is 0.478 e. The zero-order valence-corrected chi connectivity index (χ0v) is 11.5. The Bertz CT molecular complexity index is 626. The molecule has 0 saturated carbocycles. The number of benzene rings is 1. The minimum Gasteiger partial charge on any atom is -0.478 e. The molecule has 0 spiro atoms. The number of carbonyl (C=O) groups is 2. The molecule has 2 N–H and O–H groups in total. The quantitative estimate of drug-likeness (QED) is 0.846. The Kier molecular flexibility index (Phi) is 5.04. The van der Waals surface area contributed by atoms with Crippen LogP contribution in [-0.2, 0) is 17.6 Å². The van der Waals surface area contributed by atoms with E-state index < -0.39 is 5.97 Å². The topological polar surface area (TPSA) is 79.3 Å². The molecule has 0 saturated heterocycles. The van der Waals surface area contributed by atoms with Crippen LogP contribution in [0, 0.1) is 0 Å². The Balaban J connectivity index is 1.86. The zero-order valence-electron chi connectivity index (χ0n) is 11.5. The van der Waals surface area contributed by atoms with Crippen LogP contribution < -0.4 is 5.32 Å². The highest BCUT2D eigenvalue weighted by Gasteiger charge is 2.12. The number of aromatic carboxylic acids is 1. The van der Waals surface area contributed by atoms with E-state index in [1.165, 1.54) is 6.07 Å². The number of carboxylic acid groups (broad SMARTS) is 1. The van der Waals surface area contributed by atoms with Gasteiger partial charge in [-0.25, -0.2) is 4.79 Å². The van der Waals surface area contributed by atoms with Gasteiger partial charge in [0, 0.05) is 18.9 Å². The Labute approximate surface area is 122 Å². The van der Waals surface area contributed by atoms with Gasteiger partial charge in [-0.3, -0.25) is 9.78 Å². The normalized spacial score (nSPS) is 10.1. The molecule has 5 nitrogen and oxygen atoms in total. The fraction of sp³-hybridized carbons (Fsp3) is 0.188. The predicted octanol–water partition coefficient (Wildman–Crippen LogP) is 1.68. The highest BCUT2D eigenvalue weighted by molar-refractivity contribution is 5.91. The first kappa shape index (κ1) is 14.7. The van der Waals surface area contributed by atoms with Crippen molar-refractivity contribution in [1.29, 1.82) is 0 Å². The summed E-state index contributed by atoms with van der Waals surface area (Å²) in [6.45, 7) is 0.500. The molecule has 0 aliphatic heterocycles. The van der Waals surface area contributed by atoms with Gasteiger partial charge < -0.3 is 10.4 Å². The first-order valence-corrected chi connectivity index (χ1v) is 6.63. The van der Waals surface area contributed by atoms with Gasteiger partial charge in [0.25, 0.3) is 0 Å². The molecule has 1 aromatic carbocycles. The summed E-state index contributed by atoms with van der Waals surface area (Å²) in [6, 6.07) is 10.3. The highest BCUT2D eigenvalue weighted by atomic mass is 16.4. The highest BCUT2D eigenvalue weighted by Crippen LogP contribution is 2.09. The summed E-state index contributed by atoms with van der Waals surface area (Å²) in [5, 5.41) is 11.9. The van der Waals surface area contributed by atoms with E-state index in [0.29, 0.717) is 18.5 Å². The summed E-state index contributed by atoms with van der Waals surface area (Å²) in [7, 11) is 0. The van der Waals surface area contributed by atoms with Crippen LogP contribution in [0.15, 0.2) is 48.8 Å². The van der Waals surface area contributed by atoms with Gasteiger partial charge in [-0.15, -0.1) is 0 Å². The van der Waals surface area contributed by atoms with E-state index in [0.717, 1.165) is 5.56 Å². The minimum absolute atomic E-state index is 0.0650. The first-order valence-electron chi connectivity index (χ1n) is 6.63. The molecule has 0 atom stereocenters. The van der Waals surface area contributed by atoms with Gasteiger partial charge in [0.15, 0.2) is 0 Å². The van der Waals surface area contributed by atoms with Gasteiger partial charge >= 0.3 is 5.97 Å². The number of amides is 1. The molecule has 108 valence electrons. The van der Waals surface area contributed by atoms with Crippen molar-refractivity contribution in [2.75, 3.05) is 6.54 Å². The third-order valence-corrected chi connectivity index (χ3v) is 3.06. The summed E-state index contributed by atoms with van der Waals surface area (Å²) in [6.07, 6.45) is 4.21. The van der Waals surface area contributed by atoms with Crippen LogP contribution in [0.4, 0.5) is 0 Å². The summed E-state index contributed by atoms with van der Waals surface area (Å²) in [4.78, 5) is 26.9. The predicted molar refractivity (Wildman–Crippen MR) is 78.1 cm³/mol. The van der Waals surface area contributed by atoms with E-state index in [-0.39, 0.29) is 17.9 Å². The van der Waals surface area contributed by atoms with Crippen molar-refractivity contribution in [2.45, 2.75) is 12.8 Å². The van der Waals surface area contributed by atoms with Gasteiger partial charge in [-0.2, -0.15) is 0 Å². The summed E-state index contributed by atoms with van der Waals surface area (Å²) in [5.41, 5.74) is 1.73. The van der Waals surface area contributed by atoms with Crippen LogP contribution in [0.5, 0.6) is 0 Å². The lowest BCUT2D eigenvalue weighted by molar-refractivity contribution is -0.120. The van der Waals surface area contributed by atoms with Gasteiger partial charge in [-0.1, -0.05) is 24.3 Å². The van der Waals surface area contributed by atoms with Crippen LogP contribution in [-0.4, -0.2) is 28.5 Å². The molecular formula is C16H16N2O3. The summed E-state index contributed by atoms with van der Waals surface area (Å²) >= 11 is 0.